The summed E-state index contributed by atoms with van der Waals surface area (Å²) in [6.07, 6.45) is 0. The fourth-order valence-corrected chi connectivity index (χ4v) is 3.71. The van der Waals surface area contributed by atoms with Crippen LogP contribution in [0.2, 0.25) is 5.02 Å². The van der Waals surface area contributed by atoms with Gasteiger partial charge in [-0.25, -0.2) is 4.39 Å². The van der Waals surface area contributed by atoms with E-state index >= 15 is 0 Å². The van der Waals surface area contributed by atoms with Crippen LogP contribution >= 0.6 is 23.4 Å². The molecule has 1 N–H and O–H groups in total. The maximum absolute atomic E-state index is 13.1. The summed E-state index contributed by atoms with van der Waals surface area (Å²) in [6.45, 7) is 7.79. The molecule has 0 aliphatic carbocycles. The smallest absolute Gasteiger partial charge is 0.277 e. The van der Waals surface area contributed by atoms with Crippen LogP contribution < -0.4 is 10.2 Å². The number of hydrogen-bond acceptors (Lipinski definition) is 6. The topological polar surface area (TPSA) is 71.3 Å². The Labute approximate surface area is 183 Å². The van der Waals surface area contributed by atoms with E-state index < -0.39 is 11.1 Å². The van der Waals surface area contributed by atoms with Crippen molar-refractivity contribution in [1.29, 1.82) is 0 Å². The van der Waals surface area contributed by atoms with Crippen LogP contribution in [0.25, 0.3) is 11.5 Å². The summed E-state index contributed by atoms with van der Waals surface area (Å²) < 4.78 is 18.8. The lowest BCUT2D eigenvalue weighted by molar-refractivity contribution is -0.115. The summed E-state index contributed by atoms with van der Waals surface area (Å²) in [4.78, 5) is 14.7. The lowest BCUT2D eigenvalue weighted by Gasteiger charge is -2.20. The largest absolute Gasteiger partial charge is 0.411 e. The molecule has 3 rings (SSSR count). The molecule has 6 nitrogen and oxygen atoms in total. The molecule has 0 aliphatic heterocycles. The molecular weight excluding hydrogens is 427 g/mol. The monoisotopic (exact) mass is 448 g/mol. The number of halogens is 2. The number of nitrogens with one attached hydrogen (secondary N) is 1. The fourth-order valence-electron chi connectivity index (χ4n) is 2.81. The summed E-state index contributed by atoms with van der Waals surface area (Å²) >= 11 is 7.09. The quantitative estimate of drug-likeness (QED) is 0.459. The van der Waals surface area contributed by atoms with E-state index in [1.807, 2.05) is 24.3 Å². The minimum Gasteiger partial charge on any atom is -0.411 e. The zero-order valence-electron chi connectivity index (χ0n) is 16.9. The first-order valence-corrected chi connectivity index (χ1v) is 10.8. The number of carbonyl (C=O) groups is 1. The standard InChI is InChI=1S/C21H22ClFN4O2S/c1-4-27(5-2)16-9-6-14(7-10-16)20-25-26-21(29-20)30-13(3)19(28)24-18-11-8-15(23)12-17(18)22/h6-13H,4-5H2,1-3H3,(H,24,28)/t13-/m1/s1. The Morgan fingerprint density at radius 1 is 1.20 bits per heavy atom. The maximum atomic E-state index is 13.1. The number of hydrogen-bond donors (Lipinski definition) is 1. The maximum Gasteiger partial charge on any atom is 0.277 e. The summed E-state index contributed by atoms with van der Waals surface area (Å²) in [5.74, 6) is -0.390. The second-order valence-corrected chi connectivity index (χ2v) is 8.17. The predicted octanol–water partition coefficient (Wildman–Crippen LogP) is 5.49. The van der Waals surface area contributed by atoms with Gasteiger partial charge >= 0.3 is 0 Å². The molecule has 9 heteroatoms. The molecule has 0 saturated heterocycles. The Morgan fingerprint density at radius 3 is 2.53 bits per heavy atom. The number of aromatic nitrogens is 2. The molecule has 3 aromatic rings. The molecule has 0 bridgehead atoms. The lowest BCUT2D eigenvalue weighted by Crippen LogP contribution is -2.22. The van der Waals surface area contributed by atoms with E-state index in [-0.39, 0.29) is 16.2 Å². The van der Waals surface area contributed by atoms with Crippen molar-refractivity contribution in [3.05, 3.63) is 53.3 Å². The van der Waals surface area contributed by atoms with Gasteiger partial charge in [0, 0.05) is 24.3 Å². The van der Waals surface area contributed by atoms with Gasteiger partial charge in [0.15, 0.2) is 0 Å². The van der Waals surface area contributed by atoms with Gasteiger partial charge in [0.05, 0.1) is 16.0 Å². The average Bonchev–Trinajstić information content (AvgIpc) is 3.20. The van der Waals surface area contributed by atoms with Crippen LogP contribution in [0.4, 0.5) is 15.8 Å². The van der Waals surface area contributed by atoms with E-state index in [9.17, 15) is 9.18 Å². The third-order valence-corrected chi connectivity index (χ3v) is 5.73. The number of rotatable bonds is 8. The van der Waals surface area contributed by atoms with E-state index in [0.29, 0.717) is 11.6 Å². The number of carbonyl (C=O) groups excluding carboxylic acids is 1. The SMILES string of the molecule is CCN(CC)c1ccc(-c2nnc(S[C@H](C)C(=O)Nc3ccc(F)cc3Cl)o2)cc1. The van der Waals surface area contributed by atoms with Crippen molar-refractivity contribution < 1.29 is 13.6 Å². The minimum atomic E-state index is -0.524. The van der Waals surface area contributed by atoms with Crippen LogP contribution in [-0.2, 0) is 4.79 Å². The highest BCUT2D eigenvalue weighted by Gasteiger charge is 2.20. The van der Waals surface area contributed by atoms with Crippen molar-refractivity contribution in [2.24, 2.45) is 0 Å². The van der Waals surface area contributed by atoms with E-state index in [2.05, 4.69) is 34.3 Å². The molecule has 0 spiro atoms. The first-order chi connectivity index (χ1) is 14.4. The number of amides is 1. The van der Waals surface area contributed by atoms with Crippen molar-refractivity contribution in [2.75, 3.05) is 23.3 Å². The molecule has 1 aromatic heterocycles. The van der Waals surface area contributed by atoms with Gasteiger partial charge in [-0.05, 0) is 63.2 Å². The highest BCUT2D eigenvalue weighted by molar-refractivity contribution is 8.00. The number of thioether (sulfide) groups is 1. The summed E-state index contributed by atoms with van der Waals surface area (Å²) in [5, 5.41) is 10.7. The van der Waals surface area contributed by atoms with Crippen LogP contribution in [0.3, 0.4) is 0 Å². The van der Waals surface area contributed by atoms with Gasteiger partial charge in [-0.3, -0.25) is 4.79 Å². The van der Waals surface area contributed by atoms with Crippen molar-refractivity contribution in [1.82, 2.24) is 10.2 Å². The Morgan fingerprint density at radius 2 is 1.90 bits per heavy atom. The zero-order valence-corrected chi connectivity index (χ0v) is 18.4. The van der Waals surface area contributed by atoms with E-state index in [1.54, 1.807) is 6.92 Å². The third-order valence-electron chi connectivity index (χ3n) is 4.49. The van der Waals surface area contributed by atoms with Crippen LogP contribution in [-0.4, -0.2) is 34.4 Å². The number of nitrogens with zero attached hydrogens (tertiary/aromatic N) is 3. The summed E-state index contributed by atoms with van der Waals surface area (Å²) in [6, 6.07) is 11.7. The van der Waals surface area contributed by atoms with E-state index in [4.69, 9.17) is 16.0 Å². The van der Waals surface area contributed by atoms with Gasteiger partial charge in [0.2, 0.25) is 11.8 Å². The van der Waals surface area contributed by atoms with Crippen LogP contribution in [0.5, 0.6) is 0 Å². The van der Waals surface area contributed by atoms with Crippen LogP contribution in [0.1, 0.15) is 20.8 Å². The molecule has 0 unspecified atom stereocenters. The molecule has 30 heavy (non-hydrogen) atoms. The highest BCUT2D eigenvalue weighted by Crippen LogP contribution is 2.29. The van der Waals surface area contributed by atoms with Gasteiger partial charge in [0.1, 0.15) is 5.82 Å². The first kappa shape index (κ1) is 22.1. The zero-order chi connectivity index (χ0) is 21.7. The van der Waals surface area contributed by atoms with Crippen molar-refractivity contribution in [3.63, 3.8) is 0 Å². The number of anilines is 2. The van der Waals surface area contributed by atoms with Crippen molar-refractivity contribution in [2.45, 2.75) is 31.2 Å². The van der Waals surface area contributed by atoms with Gasteiger partial charge in [-0.2, -0.15) is 0 Å². The first-order valence-electron chi connectivity index (χ1n) is 9.52. The summed E-state index contributed by atoms with van der Waals surface area (Å²) in [5.41, 5.74) is 2.28. The molecule has 1 heterocycles. The van der Waals surface area contributed by atoms with E-state index in [1.165, 1.54) is 12.1 Å². The molecule has 0 radical (unpaired) electrons. The third kappa shape index (κ3) is 5.31. The fraction of sp³-hybridized carbons (Fsp3) is 0.286. The number of benzene rings is 2. The molecule has 0 aliphatic rings. The van der Waals surface area contributed by atoms with Gasteiger partial charge in [-0.1, -0.05) is 23.4 Å². The average molecular weight is 449 g/mol. The normalized spacial score (nSPS) is 11.9. The summed E-state index contributed by atoms with van der Waals surface area (Å²) in [7, 11) is 0. The lowest BCUT2D eigenvalue weighted by atomic mass is 10.2. The van der Waals surface area contributed by atoms with Crippen molar-refractivity contribution in [3.8, 4) is 11.5 Å². The minimum absolute atomic E-state index is 0.133. The van der Waals surface area contributed by atoms with Gasteiger partial charge in [0.25, 0.3) is 5.22 Å². The molecule has 1 amide bonds. The molecule has 0 saturated carbocycles. The van der Waals surface area contributed by atoms with E-state index in [0.717, 1.165) is 42.2 Å². The molecule has 0 fully saturated rings. The predicted molar refractivity (Wildman–Crippen MR) is 119 cm³/mol. The Hall–Kier alpha value is -2.58. The Bertz CT molecular complexity index is 1010. The Kier molecular flexibility index (Phi) is 7.33. The molecule has 1 atom stereocenters. The van der Waals surface area contributed by atoms with Crippen molar-refractivity contribution >= 4 is 40.6 Å². The van der Waals surface area contributed by atoms with Crippen LogP contribution in [0.15, 0.2) is 52.1 Å². The molecular formula is C21H22ClFN4O2S. The second kappa shape index (κ2) is 9.95. The van der Waals surface area contributed by atoms with Gasteiger partial charge in [-0.15, -0.1) is 10.2 Å². The van der Waals surface area contributed by atoms with Gasteiger partial charge < -0.3 is 14.6 Å². The molecule has 158 valence electrons. The second-order valence-electron chi connectivity index (χ2n) is 6.47. The Balaban J connectivity index is 1.63. The highest BCUT2D eigenvalue weighted by atomic mass is 35.5. The molecule has 2 aromatic carbocycles. The van der Waals surface area contributed by atoms with Crippen LogP contribution in [0, 0.1) is 5.82 Å².